The van der Waals surface area contributed by atoms with Gasteiger partial charge < -0.3 is 10.3 Å². The Bertz CT molecular complexity index is 727. The van der Waals surface area contributed by atoms with Crippen molar-refractivity contribution in [2.45, 2.75) is 18.8 Å². The predicted molar refractivity (Wildman–Crippen MR) is 74.0 cm³/mol. The number of nitrogens with zero attached hydrogens (tertiary/aromatic N) is 3. The lowest BCUT2D eigenvalue weighted by Crippen LogP contribution is -2.28. The molecule has 4 heterocycles. The van der Waals surface area contributed by atoms with Crippen molar-refractivity contribution in [2.75, 3.05) is 13.1 Å². The fraction of sp³-hybridized carbons (Fsp3) is 0.357. The van der Waals surface area contributed by atoms with Gasteiger partial charge in [0.15, 0.2) is 11.3 Å². The van der Waals surface area contributed by atoms with E-state index in [1.54, 1.807) is 0 Å². The van der Waals surface area contributed by atoms with Crippen LogP contribution in [0.5, 0.6) is 0 Å². The Hall–Kier alpha value is -2.01. The lowest BCUT2D eigenvalue weighted by atomic mass is 9.89. The third-order valence-electron chi connectivity index (χ3n) is 3.94. The van der Waals surface area contributed by atoms with Crippen LogP contribution in [0, 0.1) is 0 Å². The molecule has 1 atom stereocenters. The highest BCUT2D eigenvalue weighted by atomic mass is 15.2. The number of hydrogen-bond acceptors (Lipinski definition) is 4. The number of aromatic amines is 1. The molecule has 0 aromatic carbocycles. The Balaban J connectivity index is 2.00. The molecule has 96 valence electrons. The van der Waals surface area contributed by atoms with E-state index >= 15 is 0 Å². The van der Waals surface area contributed by atoms with Gasteiger partial charge in [-0.3, -0.25) is 0 Å². The standard InChI is InChI=1S/C14H15N5/c1-2-9(8-15-5-1)10-3-6-17-14-12(10)11-4-7-16-13(11)18-19-14/h3-4,6-7,9,15H,1-2,5,8H2,(H,16,18). The molecule has 19 heavy (non-hydrogen) atoms. The Labute approximate surface area is 110 Å². The lowest BCUT2D eigenvalue weighted by molar-refractivity contribution is 0.463. The van der Waals surface area contributed by atoms with Crippen LogP contribution in [0.1, 0.15) is 24.3 Å². The molecule has 0 amide bonds. The average Bonchev–Trinajstić information content (AvgIpc) is 2.96. The minimum absolute atomic E-state index is 0.543. The van der Waals surface area contributed by atoms with E-state index in [9.17, 15) is 0 Å². The number of nitrogens with one attached hydrogen (secondary N) is 2. The molecule has 3 aromatic heterocycles. The van der Waals surface area contributed by atoms with E-state index < -0.39 is 0 Å². The van der Waals surface area contributed by atoms with Gasteiger partial charge >= 0.3 is 0 Å². The maximum Gasteiger partial charge on any atom is 0.182 e. The van der Waals surface area contributed by atoms with Crippen molar-refractivity contribution < 1.29 is 0 Å². The Kier molecular flexibility index (Phi) is 2.45. The van der Waals surface area contributed by atoms with Crippen molar-refractivity contribution in [2.24, 2.45) is 0 Å². The van der Waals surface area contributed by atoms with Crippen LogP contribution in [0.25, 0.3) is 22.1 Å². The summed E-state index contributed by atoms with van der Waals surface area (Å²) in [5.74, 6) is 0.543. The molecule has 1 aliphatic rings. The van der Waals surface area contributed by atoms with Crippen LogP contribution in [0.4, 0.5) is 0 Å². The molecule has 1 fully saturated rings. The van der Waals surface area contributed by atoms with Crippen molar-refractivity contribution >= 4 is 22.1 Å². The van der Waals surface area contributed by atoms with E-state index in [1.165, 1.54) is 18.4 Å². The van der Waals surface area contributed by atoms with Gasteiger partial charge in [0.2, 0.25) is 0 Å². The van der Waals surface area contributed by atoms with Gasteiger partial charge in [0.1, 0.15) is 0 Å². The number of aromatic nitrogens is 4. The molecule has 1 aliphatic heterocycles. The maximum absolute atomic E-state index is 4.36. The number of pyridine rings is 1. The normalized spacial score (nSPS) is 20.1. The highest BCUT2D eigenvalue weighted by Gasteiger charge is 2.19. The van der Waals surface area contributed by atoms with Gasteiger partial charge in [-0.15, -0.1) is 10.2 Å². The number of fused-ring (bicyclic) bond motifs is 3. The van der Waals surface area contributed by atoms with E-state index in [2.05, 4.69) is 37.6 Å². The number of piperidine rings is 1. The monoisotopic (exact) mass is 253 g/mol. The largest absolute Gasteiger partial charge is 0.345 e. The van der Waals surface area contributed by atoms with Gasteiger partial charge in [-0.05, 0) is 43.0 Å². The highest BCUT2D eigenvalue weighted by molar-refractivity contribution is 6.03. The van der Waals surface area contributed by atoms with Crippen LogP contribution in [-0.2, 0) is 0 Å². The fourth-order valence-corrected chi connectivity index (χ4v) is 3.02. The summed E-state index contributed by atoms with van der Waals surface area (Å²) >= 11 is 0. The Morgan fingerprint density at radius 2 is 2.21 bits per heavy atom. The molecular weight excluding hydrogens is 238 g/mol. The molecule has 5 nitrogen and oxygen atoms in total. The smallest absolute Gasteiger partial charge is 0.182 e. The molecule has 4 rings (SSSR count). The van der Waals surface area contributed by atoms with Crippen molar-refractivity contribution in [3.05, 3.63) is 30.1 Å². The van der Waals surface area contributed by atoms with Crippen LogP contribution in [0.15, 0.2) is 24.5 Å². The van der Waals surface area contributed by atoms with Crippen LogP contribution >= 0.6 is 0 Å². The van der Waals surface area contributed by atoms with E-state index in [-0.39, 0.29) is 0 Å². The minimum Gasteiger partial charge on any atom is -0.345 e. The van der Waals surface area contributed by atoms with Gasteiger partial charge in [-0.25, -0.2) is 4.98 Å². The van der Waals surface area contributed by atoms with Crippen LogP contribution < -0.4 is 5.32 Å². The van der Waals surface area contributed by atoms with E-state index in [4.69, 9.17) is 0 Å². The Morgan fingerprint density at radius 3 is 3.11 bits per heavy atom. The summed E-state index contributed by atoms with van der Waals surface area (Å²) in [6, 6.07) is 4.20. The zero-order valence-corrected chi connectivity index (χ0v) is 10.6. The van der Waals surface area contributed by atoms with Crippen molar-refractivity contribution in [1.29, 1.82) is 0 Å². The van der Waals surface area contributed by atoms with E-state index in [1.807, 2.05) is 12.4 Å². The summed E-state index contributed by atoms with van der Waals surface area (Å²) in [6.07, 6.45) is 6.21. The number of H-pyrrole nitrogens is 1. The van der Waals surface area contributed by atoms with E-state index in [0.29, 0.717) is 5.92 Å². The first kappa shape index (κ1) is 10.9. The third-order valence-corrected chi connectivity index (χ3v) is 3.94. The second-order valence-corrected chi connectivity index (χ2v) is 5.08. The van der Waals surface area contributed by atoms with Gasteiger partial charge in [-0.2, -0.15) is 0 Å². The van der Waals surface area contributed by atoms with Gasteiger partial charge in [0.25, 0.3) is 0 Å². The molecular formula is C14H15N5. The molecule has 0 radical (unpaired) electrons. The van der Waals surface area contributed by atoms with Crippen molar-refractivity contribution in [3.8, 4) is 0 Å². The first-order valence-corrected chi connectivity index (χ1v) is 6.72. The molecule has 0 spiro atoms. The van der Waals surface area contributed by atoms with Gasteiger partial charge in [0.05, 0.1) is 0 Å². The highest BCUT2D eigenvalue weighted by Crippen LogP contribution is 2.31. The minimum atomic E-state index is 0.543. The molecule has 0 saturated carbocycles. The summed E-state index contributed by atoms with van der Waals surface area (Å²) in [7, 11) is 0. The van der Waals surface area contributed by atoms with Gasteiger partial charge in [0, 0.05) is 29.7 Å². The molecule has 0 bridgehead atoms. The molecule has 0 aliphatic carbocycles. The summed E-state index contributed by atoms with van der Waals surface area (Å²) in [5, 5.41) is 14.2. The second-order valence-electron chi connectivity index (χ2n) is 5.08. The summed E-state index contributed by atoms with van der Waals surface area (Å²) in [4.78, 5) is 7.48. The molecule has 1 saturated heterocycles. The quantitative estimate of drug-likeness (QED) is 0.696. The van der Waals surface area contributed by atoms with Crippen LogP contribution in [0.2, 0.25) is 0 Å². The molecule has 1 unspecified atom stereocenters. The zero-order valence-electron chi connectivity index (χ0n) is 10.6. The summed E-state index contributed by atoms with van der Waals surface area (Å²) < 4.78 is 0. The first-order chi connectivity index (χ1) is 9.43. The third kappa shape index (κ3) is 1.69. The molecule has 2 N–H and O–H groups in total. The summed E-state index contributed by atoms with van der Waals surface area (Å²) in [6.45, 7) is 2.16. The second kappa shape index (κ2) is 4.28. The van der Waals surface area contributed by atoms with Gasteiger partial charge in [-0.1, -0.05) is 0 Å². The van der Waals surface area contributed by atoms with Crippen LogP contribution in [-0.4, -0.2) is 33.3 Å². The summed E-state index contributed by atoms with van der Waals surface area (Å²) in [5.41, 5.74) is 2.93. The van der Waals surface area contributed by atoms with Crippen molar-refractivity contribution in [3.63, 3.8) is 0 Å². The predicted octanol–water partition coefficient (Wildman–Crippen LogP) is 1.97. The molecule has 3 aromatic rings. The number of hydrogen-bond donors (Lipinski definition) is 2. The van der Waals surface area contributed by atoms with Crippen molar-refractivity contribution in [1.82, 2.24) is 25.5 Å². The Morgan fingerprint density at radius 1 is 1.21 bits per heavy atom. The zero-order chi connectivity index (χ0) is 12.7. The number of rotatable bonds is 1. The topological polar surface area (TPSA) is 66.5 Å². The van der Waals surface area contributed by atoms with E-state index in [0.717, 1.165) is 35.2 Å². The lowest BCUT2D eigenvalue weighted by Gasteiger charge is -2.24. The fourth-order valence-electron chi connectivity index (χ4n) is 3.02. The molecule has 5 heteroatoms. The van der Waals surface area contributed by atoms with Crippen LogP contribution in [0.3, 0.4) is 0 Å². The maximum atomic E-state index is 4.36. The first-order valence-electron chi connectivity index (χ1n) is 6.72. The average molecular weight is 253 g/mol. The SMILES string of the molecule is c1cc(C2CCCNC2)c2c(n1)nnc1[nH]ccc12.